The van der Waals surface area contributed by atoms with Crippen LogP contribution >= 0.6 is 39.1 Å². The molecule has 1 atom stereocenters. The molecule has 106 valence electrons. The summed E-state index contributed by atoms with van der Waals surface area (Å²) in [5.41, 5.74) is 3.58. The lowest BCUT2D eigenvalue weighted by Crippen LogP contribution is -2.22. The molecule has 0 aliphatic carbocycles. The second-order valence-corrected chi connectivity index (χ2v) is 6.18. The van der Waals surface area contributed by atoms with Crippen LogP contribution < -0.4 is 4.90 Å². The van der Waals surface area contributed by atoms with E-state index in [0.717, 1.165) is 21.1 Å². The summed E-state index contributed by atoms with van der Waals surface area (Å²) in [5.74, 6) is 0. The maximum Gasteiger partial charge on any atom is 0.0511 e. The summed E-state index contributed by atoms with van der Waals surface area (Å²) < 4.78 is 0. The van der Waals surface area contributed by atoms with Crippen LogP contribution in [0, 0.1) is 0 Å². The quantitative estimate of drug-likeness (QED) is 0.587. The number of hydrogen-bond donors (Lipinski definition) is 0. The van der Waals surface area contributed by atoms with E-state index in [1.165, 1.54) is 11.1 Å². The largest absolute Gasteiger partial charge is 0.368 e. The second-order valence-electron chi connectivity index (χ2n) is 4.75. The van der Waals surface area contributed by atoms with Gasteiger partial charge in [0.25, 0.3) is 0 Å². The number of rotatable bonds is 4. The van der Waals surface area contributed by atoms with Crippen LogP contribution in [0.2, 0.25) is 10.0 Å². The van der Waals surface area contributed by atoms with Gasteiger partial charge in [0.15, 0.2) is 0 Å². The zero-order chi connectivity index (χ0) is 14.7. The first-order chi connectivity index (χ1) is 9.52. The minimum Gasteiger partial charge on any atom is -0.368 e. The van der Waals surface area contributed by atoms with Crippen LogP contribution in [0.4, 0.5) is 5.69 Å². The summed E-state index contributed by atoms with van der Waals surface area (Å²) in [7, 11) is 2.08. The highest BCUT2D eigenvalue weighted by Gasteiger charge is 2.15. The fraction of sp³-hybridized carbons (Fsp3) is 0.250. The maximum absolute atomic E-state index is 6.13. The molecule has 0 radical (unpaired) electrons. The number of alkyl halides is 1. The van der Waals surface area contributed by atoms with E-state index < -0.39 is 0 Å². The molecule has 0 saturated heterocycles. The van der Waals surface area contributed by atoms with Crippen molar-refractivity contribution in [2.24, 2.45) is 0 Å². The van der Waals surface area contributed by atoms with Crippen molar-refractivity contribution >= 4 is 44.8 Å². The molecule has 0 fully saturated rings. The molecule has 0 aromatic heterocycles. The van der Waals surface area contributed by atoms with Gasteiger partial charge < -0.3 is 4.90 Å². The van der Waals surface area contributed by atoms with Crippen molar-refractivity contribution < 1.29 is 0 Å². The summed E-state index contributed by atoms with van der Waals surface area (Å²) in [5, 5.41) is 2.31. The lowest BCUT2D eigenvalue weighted by atomic mass is 10.1. The van der Waals surface area contributed by atoms with Crippen molar-refractivity contribution in [3.8, 4) is 0 Å². The molecular weight excluding hydrogens is 357 g/mol. The van der Waals surface area contributed by atoms with Crippen LogP contribution in [-0.2, 0) is 5.33 Å². The van der Waals surface area contributed by atoms with Crippen LogP contribution in [0.1, 0.15) is 24.1 Å². The first kappa shape index (κ1) is 15.7. The highest BCUT2D eigenvalue weighted by atomic mass is 79.9. The van der Waals surface area contributed by atoms with Crippen molar-refractivity contribution in [2.45, 2.75) is 18.3 Å². The van der Waals surface area contributed by atoms with E-state index in [9.17, 15) is 0 Å². The fourth-order valence-corrected chi connectivity index (χ4v) is 2.92. The average Bonchev–Trinajstić information content (AvgIpc) is 2.46. The molecule has 2 aromatic rings. The highest BCUT2D eigenvalue weighted by Crippen LogP contribution is 2.32. The zero-order valence-corrected chi connectivity index (χ0v) is 14.5. The molecule has 0 amide bonds. The molecule has 0 heterocycles. The summed E-state index contributed by atoms with van der Waals surface area (Å²) in [6, 6.07) is 14.2. The van der Waals surface area contributed by atoms with Gasteiger partial charge in [-0.15, -0.1) is 0 Å². The van der Waals surface area contributed by atoms with Crippen LogP contribution in [0.5, 0.6) is 0 Å². The van der Waals surface area contributed by atoms with E-state index in [-0.39, 0.29) is 6.04 Å². The number of benzene rings is 2. The lowest BCUT2D eigenvalue weighted by molar-refractivity contribution is 0.737. The van der Waals surface area contributed by atoms with Gasteiger partial charge in [-0.25, -0.2) is 0 Å². The Morgan fingerprint density at radius 1 is 1.05 bits per heavy atom. The topological polar surface area (TPSA) is 3.24 Å². The minimum atomic E-state index is 0.239. The van der Waals surface area contributed by atoms with E-state index in [2.05, 4.69) is 53.0 Å². The molecule has 2 rings (SSSR count). The first-order valence-electron chi connectivity index (χ1n) is 6.35. The van der Waals surface area contributed by atoms with Crippen molar-refractivity contribution in [1.29, 1.82) is 0 Å². The Labute approximate surface area is 138 Å². The Bertz CT molecular complexity index is 584. The van der Waals surface area contributed by atoms with Crippen molar-refractivity contribution in [1.82, 2.24) is 0 Å². The molecule has 0 bridgehead atoms. The number of halogens is 3. The molecule has 20 heavy (non-hydrogen) atoms. The summed E-state index contributed by atoms with van der Waals surface area (Å²) in [6.07, 6.45) is 0. The lowest BCUT2D eigenvalue weighted by Gasteiger charge is -2.29. The second kappa shape index (κ2) is 6.84. The molecule has 0 spiro atoms. The highest BCUT2D eigenvalue weighted by molar-refractivity contribution is 9.08. The average molecular weight is 373 g/mol. The van der Waals surface area contributed by atoms with Gasteiger partial charge in [0.1, 0.15) is 0 Å². The third-order valence-corrected chi connectivity index (χ3v) is 4.60. The normalized spacial score (nSPS) is 12.2. The SMILES string of the molecule is CC(c1ccc(Cl)cc1)N(C)c1cc(Cl)ccc1CBr. The predicted octanol–water partition coefficient (Wildman–Crippen LogP) is 6.09. The predicted molar refractivity (Wildman–Crippen MR) is 92.4 cm³/mol. The van der Waals surface area contributed by atoms with E-state index in [0.29, 0.717) is 0 Å². The Morgan fingerprint density at radius 2 is 1.65 bits per heavy atom. The smallest absolute Gasteiger partial charge is 0.0511 e. The Hall–Kier alpha value is -0.700. The van der Waals surface area contributed by atoms with E-state index >= 15 is 0 Å². The molecule has 1 nitrogen and oxygen atoms in total. The van der Waals surface area contributed by atoms with Crippen molar-refractivity contribution in [2.75, 3.05) is 11.9 Å². The fourth-order valence-electron chi connectivity index (χ4n) is 2.15. The molecule has 2 aromatic carbocycles. The van der Waals surface area contributed by atoms with Crippen molar-refractivity contribution in [3.05, 3.63) is 63.6 Å². The van der Waals surface area contributed by atoms with Gasteiger partial charge in [0, 0.05) is 28.1 Å². The molecule has 0 saturated carbocycles. The van der Waals surface area contributed by atoms with E-state index in [1.807, 2.05) is 24.3 Å². The minimum absolute atomic E-state index is 0.239. The van der Waals surface area contributed by atoms with Crippen LogP contribution in [0.25, 0.3) is 0 Å². The molecule has 0 aliphatic rings. The number of nitrogens with zero attached hydrogens (tertiary/aromatic N) is 1. The van der Waals surface area contributed by atoms with Gasteiger partial charge in [-0.1, -0.05) is 57.3 Å². The van der Waals surface area contributed by atoms with Crippen molar-refractivity contribution in [3.63, 3.8) is 0 Å². The van der Waals surface area contributed by atoms with Gasteiger partial charge >= 0.3 is 0 Å². The Balaban J connectivity index is 2.32. The van der Waals surface area contributed by atoms with Gasteiger partial charge in [0.2, 0.25) is 0 Å². The van der Waals surface area contributed by atoms with Gasteiger partial charge in [-0.2, -0.15) is 0 Å². The van der Waals surface area contributed by atoms with Crippen LogP contribution in [-0.4, -0.2) is 7.05 Å². The molecule has 0 aliphatic heterocycles. The van der Waals surface area contributed by atoms with Gasteiger partial charge in [-0.3, -0.25) is 0 Å². The van der Waals surface area contributed by atoms with E-state index in [1.54, 1.807) is 0 Å². The summed E-state index contributed by atoms with van der Waals surface area (Å²) >= 11 is 15.6. The third kappa shape index (κ3) is 3.49. The van der Waals surface area contributed by atoms with E-state index in [4.69, 9.17) is 23.2 Å². The molecule has 1 unspecified atom stereocenters. The summed E-state index contributed by atoms with van der Waals surface area (Å²) in [6.45, 7) is 2.17. The standard InChI is InChI=1S/C16H16BrCl2N/c1-11(12-3-6-14(18)7-4-12)20(2)16-9-15(19)8-5-13(16)10-17/h3-9,11H,10H2,1-2H3. The molecule has 4 heteroatoms. The maximum atomic E-state index is 6.13. The molecule has 0 N–H and O–H groups in total. The van der Waals surface area contributed by atoms with Crippen LogP contribution in [0.15, 0.2) is 42.5 Å². The Morgan fingerprint density at radius 3 is 2.25 bits per heavy atom. The Kier molecular flexibility index (Phi) is 5.36. The zero-order valence-electron chi connectivity index (χ0n) is 11.4. The van der Waals surface area contributed by atoms with Crippen LogP contribution in [0.3, 0.4) is 0 Å². The first-order valence-corrected chi connectivity index (χ1v) is 8.23. The third-order valence-electron chi connectivity index (χ3n) is 3.50. The van der Waals surface area contributed by atoms with Gasteiger partial charge in [0.05, 0.1) is 6.04 Å². The monoisotopic (exact) mass is 371 g/mol. The molecular formula is C16H16BrCl2N. The number of hydrogen-bond acceptors (Lipinski definition) is 1. The van der Waals surface area contributed by atoms with Gasteiger partial charge in [-0.05, 0) is 42.3 Å². The summed E-state index contributed by atoms with van der Waals surface area (Å²) in [4.78, 5) is 2.23. The number of anilines is 1.